The van der Waals surface area contributed by atoms with Gasteiger partial charge in [-0.3, -0.25) is 14.5 Å². The van der Waals surface area contributed by atoms with E-state index < -0.39 is 6.23 Å². The molecule has 2 aliphatic carbocycles. The van der Waals surface area contributed by atoms with Crippen LogP contribution in [0.3, 0.4) is 0 Å². The summed E-state index contributed by atoms with van der Waals surface area (Å²) in [5, 5.41) is 0. The van der Waals surface area contributed by atoms with Crippen LogP contribution in [0.1, 0.15) is 36.0 Å². The van der Waals surface area contributed by atoms with E-state index in [1.54, 1.807) is 18.1 Å². The van der Waals surface area contributed by atoms with Crippen molar-refractivity contribution >= 4 is 11.7 Å². The summed E-state index contributed by atoms with van der Waals surface area (Å²) in [5.74, 6) is 0.580. The van der Waals surface area contributed by atoms with Crippen LogP contribution >= 0.6 is 0 Å². The molecular formula is C25H23NO3. The van der Waals surface area contributed by atoms with Gasteiger partial charge in [0.05, 0.1) is 6.26 Å². The van der Waals surface area contributed by atoms with Crippen molar-refractivity contribution in [2.45, 2.75) is 38.5 Å². The number of carbonyl (C=O) groups excluding carboxylic acids is 2. The van der Waals surface area contributed by atoms with Crippen LogP contribution in [0.2, 0.25) is 0 Å². The SMILES string of the molecule is CC1=CC(O/C=C2/C(=O)CC3c4ccccc4CC23)N(Cc2ccccc2)C1=O. The fourth-order valence-corrected chi connectivity index (χ4v) is 4.85. The van der Waals surface area contributed by atoms with Crippen LogP contribution in [0.25, 0.3) is 0 Å². The van der Waals surface area contributed by atoms with E-state index in [1.807, 2.05) is 42.5 Å². The van der Waals surface area contributed by atoms with Crippen molar-refractivity contribution in [3.05, 3.63) is 94.8 Å². The molecule has 2 aromatic rings. The molecular weight excluding hydrogens is 362 g/mol. The van der Waals surface area contributed by atoms with Gasteiger partial charge < -0.3 is 4.74 Å². The highest BCUT2D eigenvalue weighted by Crippen LogP contribution is 2.49. The second-order valence-corrected chi connectivity index (χ2v) is 8.11. The van der Waals surface area contributed by atoms with Gasteiger partial charge in [0.2, 0.25) is 0 Å². The van der Waals surface area contributed by atoms with Crippen molar-refractivity contribution in [3.8, 4) is 0 Å². The van der Waals surface area contributed by atoms with E-state index in [9.17, 15) is 9.59 Å². The first-order valence-corrected chi connectivity index (χ1v) is 10.1. The maximum Gasteiger partial charge on any atom is 0.252 e. The maximum atomic E-state index is 12.7. The number of hydrogen-bond acceptors (Lipinski definition) is 3. The van der Waals surface area contributed by atoms with Crippen molar-refractivity contribution in [1.29, 1.82) is 0 Å². The average molecular weight is 385 g/mol. The summed E-state index contributed by atoms with van der Waals surface area (Å²) in [6.45, 7) is 2.29. The smallest absolute Gasteiger partial charge is 0.252 e. The van der Waals surface area contributed by atoms with Crippen molar-refractivity contribution in [2.75, 3.05) is 0 Å². The number of ether oxygens (including phenoxy) is 1. The largest absolute Gasteiger partial charge is 0.474 e. The number of amides is 1. The Kier molecular flexibility index (Phi) is 4.35. The summed E-state index contributed by atoms with van der Waals surface area (Å²) in [6.07, 6.45) is 4.41. The lowest BCUT2D eigenvalue weighted by Crippen LogP contribution is -2.35. The van der Waals surface area contributed by atoms with Crippen LogP contribution in [-0.4, -0.2) is 22.8 Å². The van der Waals surface area contributed by atoms with E-state index in [4.69, 9.17) is 4.74 Å². The molecule has 1 heterocycles. The van der Waals surface area contributed by atoms with Gasteiger partial charge in [-0.1, -0.05) is 54.6 Å². The standard InChI is InChI=1S/C25H23NO3/c1-16-11-24(26(25(16)28)14-17-7-3-2-4-8-17)29-15-22-20-12-18-9-5-6-10-19(18)21(20)13-23(22)27/h2-11,15,20-21,24H,12-14H2,1H3/b22-15+. The molecule has 5 rings (SSSR count). The molecule has 0 radical (unpaired) electrons. The molecule has 0 bridgehead atoms. The van der Waals surface area contributed by atoms with Gasteiger partial charge in [-0.25, -0.2) is 0 Å². The highest BCUT2D eigenvalue weighted by molar-refractivity contribution is 5.99. The van der Waals surface area contributed by atoms with Crippen LogP contribution in [0.4, 0.5) is 0 Å². The first-order chi connectivity index (χ1) is 14.1. The molecule has 4 nitrogen and oxygen atoms in total. The average Bonchev–Trinajstić information content (AvgIpc) is 3.33. The fraction of sp³-hybridized carbons (Fsp3) is 0.280. The van der Waals surface area contributed by atoms with Crippen LogP contribution in [0, 0.1) is 5.92 Å². The molecule has 146 valence electrons. The minimum atomic E-state index is -0.481. The Bertz CT molecular complexity index is 1040. The Balaban J connectivity index is 1.36. The second-order valence-electron chi connectivity index (χ2n) is 8.11. The number of hydrogen-bond donors (Lipinski definition) is 0. The van der Waals surface area contributed by atoms with Gasteiger partial charge in [0, 0.05) is 30.0 Å². The lowest BCUT2D eigenvalue weighted by atomic mass is 9.95. The summed E-state index contributed by atoms with van der Waals surface area (Å²) in [4.78, 5) is 27.0. The molecule has 3 unspecified atom stereocenters. The molecule has 1 saturated carbocycles. The molecule has 2 aromatic carbocycles. The molecule has 0 N–H and O–H groups in total. The number of allylic oxidation sites excluding steroid dienone is 1. The number of ketones is 1. The number of carbonyl (C=O) groups is 2. The number of rotatable bonds is 4. The van der Waals surface area contributed by atoms with E-state index in [-0.39, 0.29) is 23.5 Å². The highest BCUT2D eigenvalue weighted by Gasteiger charge is 2.44. The quantitative estimate of drug-likeness (QED) is 0.587. The normalized spacial score (nSPS) is 26.7. The number of fused-ring (bicyclic) bond motifs is 3. The zero-order valence-electron chi connectivity index (χ0n) is 16.4. The number of nitrogens with zero attached hydrogens (tertiary/aromatic N) is 1. The number of benzene rings is 2. The summed E-state index contributed by atoms with van der Waals surface area (Å²) < 4.78 is 6.04. The Hall–Kier alpha value is -3.14. The molecule has 29 heavy (non-hydrogen) atoms. The fourth-order valence-electron chi connectivity index (χ4n) is 4.85. The predicted octanol–water partition coefficient (Wildman–Crippen LogP) is 4.13. The first-order valence-electron chi connectivity index (χ1n) is 10.1. The van der Waals surface area contributed by atoms with E-state index in [1.165, 1.54) is 11.1 Å². The van der Waals surface area contributed by atoms with E-state index in [0.29, 0.717) is 18.5 Å². The summed E-state index contributed by atoms with van der Waals surface area (Å²) >= 11 is 0. The van der Waals surface area contributed by atoms with Gasteiger partial charge in [-0.05, 0) is 42.0 Å². The molecule has 3 atom stereocenters. The molecule has 0 aromatic heterocycles. The third-order valence-corrected chi connectivity index (χ3v) is 6.33. The lowest BCUT2D eigenvalue weighted by Gasteiger charge is -2.24. The van der Waals surface area contributed by atoms with Crippen molar-refractivity contribution in [2.24, 2.45) is 5.92 Å². The topological polar surface area (TPSA) is 46.6 Å². The Morgan fingerprint density at radius 1 is 1.00 bits per heavy atom. The Morgan fingerprint density at radius 3 is 2.59 bits per heavy atom. The second kappa shape index (κ2) is 7.03. The monoisotopic (exact) mass is 385 g/mol. The molecule has 0 spiro atoms. The third-order valence-electron chi connectivity index (χ3n) is 6.33. The van der Waals surface area contributed by atoms with E-state index >= 15 is 0 Å². The van der Waals surface area contributed by atoms with Gasteiger partial charge in [0.1, 0.15) is 0 Å². The van der Waals surface area contributed by atoms with E-state index in [2.05, 4.69) is 18.2 Å². The summed E-state index contributed by atoms with van der Waals surface area (Å²) in [6, 6.07) is 18.3. The molecule has 1 amide bonds. The molecule has 3 aliphatic rings. The third kappa shape index (κ3) is 3.09. The van der Waals surface area contributed by atoms with Crippen LogP contribution < -0.4 is 0 Å². The van der Waals surface area contributed by atoms with Gasteiger partial charge in [-0.2, -0.15) is 0 Å². The Labute approximate surface area is 170 Å². The minimum Gasteiger partial charge on any atom is -0.474 e. The number of Topliss-reactive ketones (excluding diaryl/α,β-unsaturated/α-hetero) is 1. The van der Waals surface area contributed by atoms with Crippen molar-refractivity contribution < 1.29 is 14.3 Å². The molecule has 1 fully saturated rings. The zero-order chi connectivity index (χ0) is 20.0. The first kappa shape index (κ1) is 17.9. The van der Waals surface area contributed by atoms with Crippen LogP contribution in [0.5, 0.6) is 0 Å². The molecule has 1 aliphatic heterocycles. The van der Waals surface area contributed by atoms with Crippen LogP contribution in [0.15, 0.2) is 78.1 Å². The maximum absolute atomic E-state index is 12.7. The lowest BCUT2D eigenvalue weighted by molar-refractivity contribution is -0.132. The summed E-state index contributed by atoms with van der Waals surface area (Å²) in [7, 11) is 0. The van der Waals surface area contributed by atoms with Gasteiger partial charge in [0.25, 0.3) is 5.91 Å². The minimum absolute atomic E-state index is 0.0267. The molecule has 0 saturated heterocycles. The van der Waals surface area contributed by atoms with Crippen molar-refractivity contribution in [1.82, 2.24) is 4.90 Å². The van der Waals surface area contributed by atoms with Gasteiger partial charge >= 0.3 is 0 Å². The van der Waals surface area contributed by atoms with Crippen molar-refractivity contribution in [3.63, 3.8) is 0 Å². The zero-order valence-corrected chi connectivity index (χ0v) is 16.4. The highest BCUT2D eigenvalue weighted by atomic mass is 16.5. The predicted molar refractivity (Wildman–Crippen MR) is 110 cm³/mol. The molecule has 4 heteroatoms. The summed E-state index contributed by atoms with van der Waals surface area (Å²) in [5.41, 5.74) is 5.11. The Morgan fingerprint density at radius 2 is 1.76 bits per heavy atom. The van der Waals surface area contributed by atoms with Gasteiger partial charge in [0.15, 0.2) is 12.0 Å². The van der Waals surface area contributed by atoms with Gasteiger partial charge in [-0.15, -0.1) is 0 Å². The van der Waals surface area contributed by atoms with Crippen LogP contribution in [-0.2, 0) is 27.3 Å². The van der Waals surface area contributed by atoms with E-state index in [0.717, 1.165) is 17.6 Å².